The summed E-state index contributed by atoms with van der Waals surface area (Å²) in [5, 5.41) is 11.9. The second-order valence-electron chi connectivity index (χ2n) is 13.0. The normalized spacial score (nSPS) is 13.5. The molecule has 7 nitrogen and oxygen atoms in total. The molecule has 7 heteroatoms. The molecule has 0 aliphatic carbocycles. The average Bonchev–Trinajstić information content (AvgIpc) is 3.10. The molecule has 284 valence electrons. The number of esters is 1. The van der Waals surface area contributed by atoms with Gasteiger partial charge in [0.25, 0.3) is 0 Å². The summed E-state index contributed by atoms with van der Waals surface area (Å²) in [5.41, 5.74) is 5.46. The number of rotatable bonds is 34. The summed E-state index contributed by atoms with van der Waals surface area (Å²) >= 11 is 0. The van der Waals surface area contributed by atoms with E-state index in [9.17, 15) is 19.5 Å². The van der Waals surface area contributed by atoms with Crippen LogP contribution in [0.2, 0.25) is 0 Å². The Bertz CT molecular complexity index is 1010. The van der Waals surface area contributed by atoms with Crippen LogP contribution < -0.4 is 11.1 Å². The van der Waals surface area contributed by atoms with Crippen LogP contribution >= 0.6 is 0 Å². The summed E-state index contributed by atoms with van der Waals surface area (Å²) in [6.07, 6.45) is 46.8. The van der Waals surface area contributed by atoms with Gasteiger partial charge >= 0.3 is 11.9 Å². The van der Waals surface area contributed by atoms with Gasteiger partial charge in [0.15, 0.2) is 0 Å². The molecule has 0 bridgehead atoms. The molecule has 0 aromatic carbocycles. The summed E-state index contributed by atoms with van der Waals surface area (Å²) in [4.78, 5) is 36.1. The minimum atomic E-state index is -1.02. The first-order chi connectivity index (χ1) is 24.4. The molecule has 4 N–H and O–H groups in total. The van der Waals surface area contributed by atoms with Gasteiger partial charge in [0.1, 0.15) is 12.1 Å². The number of carboxylic acid groups (broad SMARTS) is 1. The van der Waals surface area contributed by atoms with Crippen molar-refractivity contribution in [2.45, 2.75) is 174 Å². The van der Waals surface area contributed by atoms with Crippen molar-refractivity contribution >= 4 is 17.8 Å². The summed E-state index contributed by atoms with van der Waals surface area (Å²) < 4.78 is 5.91. The molecule has 0 fully saturated rings. The Balaban J connectivity index is 4.12. The van der Waals surface area contributed by atoms with E-state index in [0.717, 1.165) is 103 Å². The third kappa shape index (κ3) is 33.3. The highest BCUT2D eigenvalue weighted by molar-refractivity contribution is 5.83. The average molecular weight is 697 g/mol. The maximum absolute atomic E-state index is 12.6. The summed E-state index contributed by atoms with van der Waals surface area (Å²) in [6.45, 7) is 4.75. The lowest BCUT2D eigenvalue weighted by Gasteiger charge is -2.18. The van der Waals surface area contributed by atoms with Gasteiger partial charge in [-0.1, -0.05) is 119 Å². The second kappa shape index (κ2) is 37.1. The predicted molar refractivity (Wildman–Crippen MR) is 211 cm³/mol. The van der Waals surface area contributed by atoms with Crippen LogP contribution in [0.25, 0.3) is 0 Å². The number of hydrogen-bond donors (Lipinski definition) is 3. The fraction of sp³-hybridized carbons (Fsp3) is 0.651. The highest BCUT2D eigenvalue weighted by atomic mass is 16.5. The maximum atomic E-state index is 12.6. The lowest BCUT2D eigenvalue weighted by atomic mass is 10.0. The zero-order valence-corrected chi connectivity index (χ0v) is 31.7. The molecule has 0 aliphatic heterocycles. The van der Waals surface area contributed by atoms with Crippen LogP contribution in [-0.4, -0.2) is 41.6 Å². The molecule has 1 amide bonds. The molecule has 0 radical (unpaired) electrons. The Morgan fingerprint density at radius 1 is 0.600 bits per heavy atom. The standard InChI is InChI=1S/C43H72N2O5/c1-3-5-7-9-10-11-12-13-14-15-16-17-18-19-20-21-22-23-24-25-31-37-42(47)50-39(33-28-8-6-4-2)34-29-26-27-30-36-41(46)45-40(43(48)49)35-32-38-44/h5,7,10-11,13-14,16-17,19-20,22-23,39-40H,3-4,6,8-9,12,15,18,21,24-38,44H2,1-2H3,(H,45,46)(H,48,49)/b7-5-,11-10-,14-13-,17-16-,20-19-,23-22-. The van der Waals surface area contributed by atoms with E-state index in [1.165, 1.54) is 12.8 Å². The Morgan fingerprint density at radius 2 is 1.10 bits per heavy atom. The van der Waals surface area contributed by atoms with Gasteiger partial charge in [0.05, 0.1) is 0 Å². The fourth-order valence-electron chi connectivity index (χ4n) is 5.33. The summed E-state index contributed by atoms with van der Waals surface area (Å²) in [7, 11) is 0. The molecule has 0 aromatic rings. The largest absolute Gasteiger partial charge is 0.480 e. The first-order valence-electron chi connectivity index (χ1n) is 19.8. The van der Waals surface area contributed by atoms with Gasteiger partial charge in [-0.05, 0) is 109 Å². The van der Waals surface area contributed by atoms with E-state index in [4.69, 9.17) is 10.5 Å². The number of allylic oxidation sites excluding steroid dienone is 12. The monoisotopic (exact) mass is 697 g/mol. The topological polar surface area (TPSA) is 119 Å². The molecule has 0 aliphatic rings. The van der Waals surface area contributed by atoms with Crippen LogP contribution in [0.3, 0.4) is 0 Å². The molecule has 0 saturated heterocycles. The third-order valence-electron chi connectivity index (χ3n) is 8.29. The molecule has 2 unspecified atom stereocenters. The van der Waals surface area contributed by atoms with Crippen molar-refractivity contribution in [3.8, 4) is 0 Å². The van der Waals surface area contributed by atoms with Crippen molar-refractivity contribution < 1.29 is 24.2 Å². The summed E-state index contributed by atoms with van der Waals surface area (Å²) in [5.74, 6) is -1.33. The lowest BCUT2D eigenvalue weighted by Crippen LogP contribution is -2.40. The lowest BCUT2D eigenvalue weighted by molar-refractivity contribution is -0.150. The minimum Gasteiger partial charge on any atom is -0.480 e. The SMILES string of the molecule is CC/C=C\C/C=C\C/C=C\C/C=C\C/C=C\C/C=C\CCCCC(=O)OC(CCCCCC)CCCCCCC(=O)NC(CCCN)C(=O)O. The molecule has 2 atom stereocenters. The van der Waals surface area contributed by atoms with Crippen LogP contribution in [0.15, 0.2) is 72.9 Å². The summed E-state index contributed by atoms with van der Waals surface area (Å²) in [6, 6.07) is -0.870. The molecule has 0 saturated carbocycles. The van der Waals surface area contributed by atoms with Gasteiger partial charge in [-0.25, -0.2) is 4.79 Å². The molecule has 0 spiro atoms. The number of carboxylic acids is 1. The Labute approximate surface area is 305 Å². The molecule has 0 rings (SSSR count). The third-order valence-corrected chi connectivity index (χ3v) is 8.29. The van der Waals surface area contributed by atoms with E-state index in [1.807, 2.05) is 0 Å². The minimum absolute atomic E-state index is 0.0371. The highest BCUT2D eigenvalue weighted by Gasteiger charge is 2.19. The van der Waals surface area contributed by atoms with Gasteiger partial charge in [0.2, 0.25) is 5.91 Å². The van der Waals surface area contributed by atoms with Crippen LogP contribution in [0, 0.1) is 0 Å². The number of hydrogen-bond acceptors (Lipinski definition) is 5. The van der Waals surface area contributed by atoms with Crippen molar-refractivity contribution in [1.29, 1.82) is 0 Å². The van der Waals surface area contributed by atoms with Gasteiger partial charge < -0.3 is 20.9 Å². The van der Waals surface area contributed by atoms with E-state index in [1.54, 1.807) is 0 Å². The van der Waals surface area contributed by atoms with Gasteiger partial charge in [-0.3, -0.25) is 9.59 Å². The van der Waals surface area contributed by atoms with Crippen LogP contribution in [0.1, 0.15) is 162 Å². The Morgan fingerprint density at radius 3 is 1.62 bits per heavy atom. The Hall–Kier alpha value is -3.19. The van der Waals surface area contributed by atoms with Crippen molar-refractivity contribution in [2.75, 3.05) is 6.54 Å². The molecule has 50 heavy (non-hydrogen) atoms. The van der Waals surface area contributed by atoms with Crippen molar-refractivity contribution in [3.63, 3.8) is 0 Å². The number of nitrogens with one attached hydrogen (secondary N) is 1. The van der Waals surface area contributed by atoms with E-state index in [0.29, 0.717) is 38.6 Å². The number of unbranched alkanes of at least 4 members (excludes halogenated alkanes) is 8. The van der Waals surface area contributed by atoms with Crippen molar-refractivity contribution in [1.82, 2.24) is 5.32 Å². The number of nitrogens with two attached hydrogens (primary N) is 1. The first-order valence-corrected chi connectivity index (χ1v) is 19.8. The zero-order chi connectivity index (χ0) is 36.8. The van der Waals surface area contributed by atoms with E-state index in [-0.39, 0.29) is 18.0 Å². The van der Waals surface area contributed by atoms with Crippen molar-refractivity contribution in [3.05, 3.63) is 72.9 Å². The second-order valence-corrected chi connectivity index (χ2v) is 13.0. The first kappa shape index (κ1) is 46.8. The van der Waals surface area contributed by atoms with Crippen LogP contribution in [-0.2, 0) is 19.1 Å². The van der Waals surface area contributed by atoms with Gasteiger partial charge in [-0.2, -0.15) is 0 Å². The quantitative estimate of drug-likeness (QED) is 0.0350. The van der Waals surface area contributed by atoms with E-state index < -0.39 is 12.0 Å². The number of carbonyl (C=O) groups excluding carboxylic acids is 2. The van der Waals surface area contributed by atoms with Crippen LogP contribution in [0.5, 0.6) is 0 Å². The molecule has 0 aromatic heterocycles. The zero-order valence-electron chi connectivity index (χ0n) is 31.7. The predicted octanol–water partition coefficient (Wildman–Crippen LogP) is 10.8. The maximum Gasteiger partial charge on any atom is 0.326 e. The number of carbonyl (C=O) groups is 3. The van der Waals surface area contributed by atoms with Crippen molar-refractivity contribution in [2.24, 2.45) is 5.73 Å². The smallest absolute Gasteiger partial charge is 0.326 e. The molecule has 0 heterocycles. The van der Waals surface area contributed by atoms with E-state index in [2.05, 4.69) is 92.1 Å². The van der Waals surface area contributed by atoms with E-state index >= 15 is 0 Å². The molecular weight excluding hydrogens is 624 g/mol. The fourth-order valence-corrected chi connectivity index (χ4v) is 5.33. The van der Waals surface area contributed by atoms with Gasteiger partial charge in [-0.15, -0.1) is 0 Å². The van der Waals surface area contributed by atoms with Gasteiger partial charge in [0, 0.05) is 12.8 Å². The van der Waals surface area contributed by atoms with Crippen LogP contribution in [0.4, 0.5) is 0 Å². The number of amides is 1. The molecular formula is C43H72N2O5. The number of aliphatic carboxylic acids is 1. The Kier molecular flexibility index (Phi) is 34.7. The highest BCUT2D eigenvalue weighted by Crippen LogP contribution is 2.17. The number of ether oxygens (including phenoxy) is 1.